The number of hydrogen-bond donors (Lipinski definition) is 1. The molecule has 0 fully saturated rings. The molecular weight excluding hydrogens is 254 g/mol. The highest BCUT2D eigenvalue weighted by Crippen LogP contribution is 2.26. The van der Waals surface area contributed by atoms with Crippen LogP contribution in [0, 0.1) is 6.92 Å². The van der Waals surface area contributed by atoms with Gasteiger partial charge in [0.2, 0.25) is 0 Å². The number of carboxylic acid groups (broad SMARTS) is 1. The van der Waals surface area contributed by atoms with Crippen molar-refractivity contribution in [1.82, 2.24) is 4.98 Å². The van der Waals surface area contributed by atoms with Crippen LogP contribution in [0.5, 0.6) is 5.75 Å². The molecule has 0 saturated carbocycles. The van der Waals surface area contributed by atoms with Gasteiger partial charge in [0.1, 0.15) is 5.75 Å². The highest BCUT2D eigenvalue weighted by Gasteiger charge is 2.13. The number of carbonyl (C=O) groups is 1. The number of hydrogen-bond acceptors (Lipinski definition) is 3. The molecule has 1 unspecified atom stereocenters. The molecule has 2 rings (SSSR count). The molecule has 18 heavy (non-hydrogen) atoms. The fourth-order valence-electron chi connectivity index (χ4n) is 1.62. The number of aryl methyl sites for hydroxylation is 1. The summed E-state index contributed by atoms with van der Waals surface area (Å²) in [7, 11) is 0. The summed E-state index contributed by atoms with van der Waals surface area (Å²) in [6.45, 7) is 3.32. The van der Waals surface area contributed by atoms with E-state index >= 15 is 0 Å². The molecule has 0 radical (unpaired) electrons. The number of rotatable bonds is 3. The molecule has 5 heteroatoms. The number of fused-ring (bicyclic) bond motifs is 1. The maximum absolute atomic E-state index is 10.7. The van der Waals surface area contributed by atoms with Gasteiger partial charge in [-0.3, -0.25) is 4.98 Å². The lowest BCUT2D eigenvalue weighted by molar-refractivity contribution is -0.144. The van der Waals surface area contributed by atoms with Crippen LogP contribution in [-0.2, 0) is 4.79 Å². The lowest BCUT2D eigenvalue weighted by Gasteiger charge is -2.11. The maximum atomic E-state index is 10.7. The van der Waals surface area contributed by atoms with Crippen LogP contribution in [0.15, 0.2) is 24.3 Å². The average molecular weight is 266 g/mol. The Balaban J connectivity index is 2.41. The summed E-state index contributed by atoms with van der Waals surface area (Å²) in [5.41, 5.74) is 1.49. The molecule has 1 heterocycles. The first kappa shape index (κ1) is 12.6. The molecule has 0 aliphatic rings. The predicted molar refractivity (Wildman–Crippen MR) is 69.2 cm³/mol. The molecule has 1 N–H and O–H groups in total. The second kappa shape index (κ2) is 4.82. The Morgan fingerprint density at radius 3 is 2.83 bits per heavy atom. The smallest absolute Gasteiger partial charge is 0.344 e. The number of halogens is 1. The topological polar surface area (TPSA) is 59.4 Å². The van der Waals surface area contributed by atoms with Crippen molar-refractivity contribution in [2.24, 2.45) is 0 Å². The highest BCUT2D eigenvalue weighted by molar-refractivity contribution is 6.35. The van der Waals surface area contributed by atoms with Crippen LogP contribution in [0.2, 0.25) is 5.02 Å². The minimum absolute atomic E-state index is 0.464. The standard InChI is InChI=1S/C13H12ClNO3/c1-7-5-11(14)10-4-3-9(6-12(10)15-7)18-8(2)13(16)17/h3-6,8H,1-2H3,(H,16,17). The molecule has 1 aromatic heterocycles. The van der Waals surface area contributed by atoms with Crippen LogP contribution in [0.4, 0.5) is 0 Å². The molecule has 94 valence electrons. The molecular formula is C13H12ClNO3. The number of pyridine rings is 1. The van der Waals surface area contributed by atoms with Gasteiger partial charge in [-0.05, 0) is 32.0 Å². The summed E-state index contributed by atoms with van der Waals surface area (Å²) >= 11 is 6.10. The highest BCUT2D eigenvalue weighted by atomic mass is 35.5. The van der Waals surface area contributed by atoms with Crippen LogP contribution in [-0.4, -0.2) is 22.2 Å². The summed E-state index contributed by atoms with van der Waals surface area (Å²) in [5.74, 6) is -0.545. The molecule has 1 aromatic carbocycles. The van der Waals surface area contributed by atoms with E-state index < -0.39 is 12.1 Å². The van der Waals surface area contributed by atoms with Crippen LogP contribution < -0.4 is 4.74 Å². The van der Waals surface area contributed by atoms with Crippen molar-refractivity contribution >= 4 is 28.5 Å². The molecule has 0 bridgehead atoms. The van der Waals surface area contributed by atoms with E-state index in [9.17, 15) is 4.79 Å². The monoisotopic (exact) mass is 265 g/mol. The zero-order chi connectivity index (χ0) is 13.3. The second-order valence-electron chi connectivity index (χ2n) is 4.02. The van der Waals surface area contributed by atoms with Gasteiger partial charge in [0.25, 0.3) is 0 Å². The Hall–Kier alpha value is -1.81. The molecule has 0 aliphatic carbocycles. The SMILES string of the molecule is Cc1cc(Cl)c2ccc(OC(C)C(=O)O)cc2n1. The summed E-state index contributed by atoms with van der Waals surface area (Å²) in [6, 6.07) is 6.93. The second-order valence-corrected chi connectivity index (χ2v) is 4.43. The van der Waals surface area contributed by atoms with Crippen LogP contribution in [0.1, 0.15) is 12.6 Å². The van der Waals surface area contributed by atoms with Crippen molar-refractivity contribution in [3.8, 4) is 5.75 Å². The zero-order valence-electron chi connectivity index (χ0n) is 9.98. The first-order chi connectivity index (χ1) is 8.47. The predicted octanol–water partition coefficient (Wildman–Crippen LogP) is 3.05. The first-order valence-corrected chi connectivity index (χ1v) is 5.81. The van der Waals surface area contributed by atoms with Gasteiger partial charge in [-0.2, -0.15) is 0 Å². The van der Waals surface area contributed by atoms with E-state index in [4.69, 9.17) is 21.4 Å². The Bertz CT molecular complexity index is 612. The van der Waals surface area contributed by atoms with Crippen molar-refractivity contribution in [2.75, 3.05) is 0 Å². The van der Waals surface area contributed by atoms with E-state index in [0.29, 0.717) is 16.3 Å². The minimum Gasteiger partial charge on any atom is -0.479 e. The largest absolute Gasteiger partial charge is 0.479 e. The van der Waals surface area contributed by atoms with Gasteiger partial charge in [0.05, 0.1) is 10.5 Å². The normalized spacial score (nSPS) is 12.4. The van der Waals surface area contributed by atoms with Gasteiger partial charge in [0.15, 0.2) is 6.10 Å². The lowest BCUT2D eigenvalue weighted by Crippen LogP contribution is -2.22. The minimum atomic E-state index is -1.01. The van der Waals surface area contributed by atoms with Crippen LogP contribution in [0.3, 0.4) is 0 Å². The van der Waals surface area contributed by atoms with Crippen LogP contribution in [0.25, 0.3) is 10.9 Å². The summed E-state index contributed by atoms with van der Waals surface area (Å²) < 4.78 is 5.28. The molecule has 0 aliphatic heterocycles. The van der Waals surface area contributed by atoms with Gasteiger partial charge in [0, 0.05) is 17.1 Å². The number of aromatic nitrogens is 1. The van der Waals surface area contributed by atoms with E-state index in [-0.39, 0.29) is 0 Å². The van der Waals surface area contributed by atoms with Crippen molar-refractivity contribution < 1.29 is 14.6 Å². The zero-order valence-corrected chi connectivity index (χ0v) is 10.7. The lowest BCUT2D eigenvalue weighted by atomic mass is 10.2. The van der Waals surface area contributed by atoms with E-state index in [1.165, 1.54) is 6.92 Å². The third-order valence-corrected chi connectivity index (χ3v) is 2.83. The number of ether oxygens (including phenoxy) is 1. The van der Waals surface area contributed by atoms with Crippen molar-refractivity contribution in [3.05, 3.63) is 35.0 Å². The van der Waals surface area contributed by atoms with Gasteiger partial charge in [-0.1, -0.05) is 11.6 Å². The molecule has 4 nitrogen and oxygen atoms in total. The number of benzene rings is 1. The van der Waals surface area contributed by atoms with E-state index in [1.54, 1.807) is 24.3 Å². The quantitative estimate of drug-likeness (QED) is 0.927. The molecule has 0 amide bonds. The Morgan fingerprint density at radius 2 is 2.17 bits per heavy atom. The molecule has 0 spiro atoms. The van der Waals surface area contributed by atoms with Gasteiger partial charge < -0.3 is 9.84 Å². The van der Waals surface area contributed by atoms with Crippen molar-refractivity contribution in [2.45, 2.75) is 20.0 Å². The first-order valence-electron chi connectivity index (χ1n) is 5.44. The molecule has 2 aromatic rings. The van der Waals surface area contributed by atoms with Crippen molar-refractivity contribution in [1.29, 1.82) is 0 Å². The summed E-state index contributed by atoms with van der Waals surface area (Å²) in [4.78, 5) is 15.1. The Labute approximate surface area is 109 Å². The van der Waals surface area contributed by atoms with Gasteiger partial charge >= 0.3 is 5.97 Å². The van der Waals surface area contributed by atoms with E-state index in [2.05, 4.69) is 4.98 Å². The maximum Gasteiger partial charge on any atom is 0.344 e. The average Bonchev–Trinajstić information content (AvgIpc) is 2.27. The molecule has 1 atom stereocenters. The number of aliphatic carboxylic acids is 1. The third-order valence-electron chi connectivity index (χ3n) is 2.52. The number of nitrogens with zero attached hydrogens (tertiary/aromatic N) is 1. The van der Waals surface area contributed by atoms with Crippen molar-refractivity contribution in [3.63, 3.8) is 0 Å². The Morgan fingerprint density at radius 1 is 1.44 bits per heavy atom. The van der Waals surface area contributed by atoms with Crippen LogP contribution >= 0.6 is 11.6 Å². The Kier molecular flexibility index (Phi) is 3.39. The third kappa shape index (κ3) is 2.54. The van der Waals surface area contributed by atoms with Gasteiger partial charge in [-0.15, -0.1) is 0 Å². The fourth-order valence-corrected chi connectivity index (χ4v) is 1.93. The number of carboxylic acids is 1. The van der Waals surface area contributed by atoms with E-state index in [1.807, 2.05) is 6.92 Å². The van der Waals surface area contributed by atoms with Gasteiger partial charge in [-0.25, -0.2) is 4.79 Å². The fraction of sp³-hybridized carbons (Fsp3) is 0.231. The summed E-state index contributed by atoms with van der Waals surface area (Å²) in [5, 5.41) is 10.2. The molecule has 0 saturated heterocycles. The van der Waals surface area contributed by atoms with E-state index in [0.717, 1.165) is 11.1 Å². The summed E-state index contributed by atoms with van der Waals surface area (Å²) in [6.07, 6.45) is -0.900.